The van der Waals surface area contributed by atoms with Crippen LogP contribution in [-0.2, 0) is 14.8 Å². The molecule has 3 rings (SSSR count). The van der Waals surface area contributed by atoms with E-state index in [0.717, 1.165) is 0 Å². The van der Waals surface area contributed by atoms with Gasteiger partial charge >= 0.3 is 0 Å². The van der Waals surface area contributed by atoms with Crippen LogP contribution in [0.3, 0.4) is 0 Å². The number of hydrogen-bond donors (Lipinski definition) is 2. The van der Waals surface area contributed by atoms with Crippen LogP contribution in [0.25, 0.3) is 4.96 Å². The van der Waals surface area contributed by atoms with Crippen LogP contribution < -0.4 is 11.3 Å². The van der Waals surface area contributed by atoms with E-state index in [9.17, 15) is 8.42 Å². The molecule has 0 spiro atoms. The number of nitrogens with two attached hydrogens (primary N) is 1. The van der Waals surface area contributed by atoms with E-state index in [1.807, 2.05) is 13.8 Å². The van der Waals surface area contributed by atoms with E-state index in [2.05, 4.69) is 10.4 Å². The fraction of sp³-hybridized carbons (Fsp3) is 0.545. The lowest BCUT2D eigenvalue weighted by atomic mass is 10.1. The Morgan fingerprint density at radius 3 is 2.95 bits per heavy atom. The van der Waals surface area contributed by atoms with E-state index in [-0.39, 0.29) is 17.4 Å². The van der Waals surface area contributed by atoms with Crippen LogP contribution in [0.5, 0.6) is 0 Å². The maximum absolute atomic E-state index is 12.9. The van der Waals surface area contributed by atoms with E-state index in [0.29, 0.717) is 18.1 Å². The molecule has 2 aromatic rings. The van der Waals surface area contributed by atoms with Crippen molar-refractivity contribution in [2.24, 2.45) is 5.84 Å². The van der Waals surface area contributed by atoms with Gasteiger partial charge in [0.25, 0.3) is 10.0 Å². The van der Waals surface area contributed by atoms with Crippen molar-refractivity contribution in [3.05, 3.63) is 11.6 Å². The predicted molar refractivity (Wildman–Crippen MR) is 79.7 cm³/mol. The Bertz CT molecular complexity index is 764. The van der Waals surface area contributed by atoms with Crippen molar-refractivity contribution in [2.45, 2.75) is 24.5 Å². The van der Waals surface area contributed by atoms with Gasteiger partial charge < -0.3 is 10.2 Å². The Balaban J connectivity index is 2.09. The minimum atomic E-state index is -3.71. The molecule has 3 N–H and O–H groups in total. The molecular formula is C11H17N5O3S2. The molecule has 0 bridgehead atoms. The molecule has 10 heteroatoms. The normalized spacial score (nSPS) is 20.0. The van der Waals surface area contributed by atoms with Gasteiger partial charge in [0.05, 0.1) is 12.2 Å². The van der Waals surface area contributed by atoms with Gasteiger partial charge in [0, 0.05) is 24.7 Å². The number of anilines is 1. The minimum absolute atomic E-state index is 0.0685. The number of morpholine rings is 1. The van der Waals surface area contributed by atoms with Gasteiger partial charge in [-0.05, 0) is 13.8 Å². The number of nitrogens with zero attached hydrogens (tertiary/aromatic N) is 3. The largest absolute Gasteiger partial charge is 0.373 e. The monoisotopic (exact) mass is 331 g/mol. The first-order valence-electron chi connectivity index (χ1n) is 6.41. The fourth-order valence-electron chi connectivity index (χ4n) is 2.41. The summed E-state index contributed by atoms with van der Waals surface area (Å²) in [6.45, 7) is 4.70. The maximum Gasteiger partial charge on any atom is 0.263 e. The van der Waals surface area contributed by atoms with Gasteiger partial charge in [-0.3, -0.25) is 4.40 Å². The van der Waals surface area contributed by atoms with Gasteiger partial charge in [-0.1, -0.05) is 0 Å². The number of sulfonamides is 1. The van der Waals surface area contributed by atoms with E-state index >= 15 is 0 Å². The molecule has 0 atom stereocenters. The molecular weight excluding hydrogens is 314 g/mol. The summed E-state index contributed by atoms with van der Waals surface area (Å²) in [4.78, 5) is 4.77. The molecule has 1 aliphatic rings. The lowest BCUT2D eigenvalue weighted by molar-refractivity contribution is -0.0640. The zero-order valence-electron chi connectivity index (χ0n) is 11.7. The highest BCUT2D eigenvalue weighted by Crippen LogP contribution is 2.30. The predicted octanol–water partition coefficient (Wildman–Crippen LogP) is 0.481. The highest BCUT2D eigenvalue weighted by atomic mass is 32.2. The third-order valence-electron chi connectivity index (χ3n) is 3.33. The number of ether oxygens (including phenoxy) is 1. The summed E-state index contributed by atoms with van der Waals surface area (Å²) in [6.07, 6.45) is 1.67. The number of nitrogen functional groups attached to an aromatic ring is 1. The second kappa shape index (κ2) is 4.92. The molecule has 21 heavy (non-hydrogen) atoms. The molecule has 0 amide bonds. The van der Waals surface area contributed by atoms with Crippen molar-refractivity contribution >= 4 is 32.1 Å². The van der Waals surface area contributed by atoms with Gasteiger partial charge in [0.1, 0.15) is 0 Å². The summed E-state index contributed by atoms with van der Waals surface area (Å²) in [7, 11) is -3.71. The summed E-state index contributed by atoms with van der Waals surface area (Å²) in [5.74, 6) is 5.58. The molecule has 1 aliphatic heterocycles. The van der Waals surface area contributed by atoms with Crippen molar-refractivity contribution in [1.82, 2.24) is 13.7 Å². The average molecular weight is 331 g/mol. The van der Waals surface area contributed by atoms with Crippen LogP contribution >= 0.6 is 11.3 Å². The quantitative estimate of drug-likeness (QED) is 0.626. The highest BCUT2D eigenvalue weighted by molar-refractivity contribution is 7.89. The number of aromatic nitrogens is 2. The summed E-state index contributed by atoms with van der Waals surface area (Å²) < 4.78 is 34.4. The third kappa shape index (κ3) is 2.42. The number of nitrogens with one attached hydrogen (secondary N) is 1. The smallest absolute Gasteiger partial charge is 0.263 e. The number of thiazole rings is 1. The van der Waals surface area contributed by atoms with Crippen LogP contribution in [0.1, 0.15) is 13.8 Å². The molecule has 1 saturated heterocycles. The first kappa shape index (κ1) is 14.7. The Hall–Kier alpha value is -1.20. The average Bonchev–Trinajstić information content (AvgIpc) is 2.96. The lowest BCUT2D eigenvalue weighted by Gasteiger charge is -2.37. The Labute approximate surface area is 126 Å². The van der Waals surface area contributed by atoms with Crippen LogP contribution in [0.15, 0.2) is 16.6 Å². The topological polar surface area (TPSA) is 102 Å². The molecule has 1 fully saturated rings. The molecule has 0 aromatic carbocycles. The van der Waals surface area contributed by atoms with Crippen LogP contribution in [-0.4, -0.2) is 47.4 Å². The maximum atomic E-state index is 12.9. The highest BCUT2D eigenvalue weighted by Gasteiger charge is 2.38. The van der Waals surface area contributed by atoms with Crippen LogP contribution in [0.2, 0.25) is 0 Å². The summed E-state index contributed by atoms with van der Waals surface area (Å²) in [6, 6.07) is 0. The molecule has 116 valence electrons. The molecule has 2 aromatic heterocycles. The third-order valence-corrected chi connectivity index (χ3v) is 5.96. The molecule has 0 unspecified atom stereocenters. The molecule has 0 saturated carbocycles. The van der Waals surface area contributed by atoms with Crippen molar-refractivity contribution in [3.8, 4) is 0 Å². The van der Waals surface area contributed by atoms with Crippen molar-refractivity contribution in [2.75, 3.05) is 25.1 Å². The lowest BCUT2D eigenvalue weighted by Crippen LogP contribution is -2.50. The Morgan fingerprint density at radius 1 is 1.52 bits per heavy atom. The number of hydrazine groups is 1. The summed E-state index contributed by atoms with van der Waals surface area (Å²) in [5.41, 5.74) is 1.86. The van der Waals surface area contributed by atoms with Crippen molar-refractivity contribution in [3.63, 3.8) is 0 Å². The number of imidazole rings is 1. The van der Waals surface area contributed by atoms with Crippen LogP contribution in [0.4, 0.5) is 5.82 Å². The standard InChI is InChI=1S/C11H17N5O3S2/c1-11(2)7-15(3-5-19-11)21(17,18)9-8(14-12)13-10-16(9)4-6-20-10/h4,6,14H,3,5,7,12H2,1-2H3. The van der Waals surface area contributed by atoms with E-state index < -0.39 is 15.6 Å². The van der Waals surface area contributed by atoms with E-state index in [1.165, 1.54) is 20.0 Å². The molecule has 0 aliphatic carbocycles. The fourth-order valence-corrected chi connectivity index (χ4v) is 4.96. The summed E-state index contributed by atoms with van der Waals surface area (Å²) in [5, 5.41) is 1.85. The van der Waals surface area contributed by atoms with Crippen LogP contribution in [0, 0.1) is 0 Å². The van der Waals surface area contributed by atoms with Crippen molar-refractivity contribution < 1.29 is 13.2 Å². The van der Waals surface area contributed by atoms with E-state index in [4.69, 9.17) is 10.6 Å². The number of rotatable bonds is 3. The first-order chi connectivity index (χ1) is 9.85. The molecule has 0 radical (unpaired) electrons. The number of hydrogen-bond acceptors (Lipinski definition) is 7. The first-order valence-corrected chi connectivity index (χ1v) is 8.73. The molecule has 3 heterocycles. The zero-order chi connectivity index (χ0) is 15.3. The number of fused-ring (bicyclic) bond motifs is 1. The van der Waals surface area contributed by atoms with Gasteiger partial charge in [-0.25, -0.2) is 14.3 Å². The van der Waals surface area contributed by atoms with E-state index in [1.54, 1.807) is 11.6 Å². The SMILES string of the molecule is CC1(C)CN(S(=O)(=O)c2c(NN)nc3sccn23)CCO1. The zero-order valence-corrected chi connectivity index (χ0v) is 13.4. The van der Waals surface area contributed by atoms with Gasteiger partial charge in [-0.15, -0.1) is 11.3 Å². The van der Waals surface area contributed by atoms with Gasteiger partial charge in [0.2, 0.25) is 5.03 Å². The minimum Gasteiger partial charge on any atom is -0.373 e. The van der Waals surface area contributed by atoms with Gasteiger partial charge in [-0.2, -0.15) is 9.29 Å². The second-order valence-electron chi connectivity index (χ2n) is 5.41. The Morgan fingerprint density at radius 2 is 2.29 bits per heavy atom. The second-order valence-corrected chi connectivity index (χ2v) is 8.14. The summed E-state index contributed by atoms with van der Waals surface area (Å²) >= 11 is 1.35. The van der Waals surface area contributed by atoms with Crippen molar-refractivity contribution in [1.29, 1.82) is 0 Å². The van der Waals surface area contributed by atoms with Gasteiger partial charge in [0.15, 0.2) is 10.8 Å². The molecule has 8 nitrogen and oxygen atoms in total. The Kier molecular flexibility index (Phi) is 3.45.